The molecule has 92 valence electrons. The Bertz CT molecular complexity index is 431. The van der Waals surface area contributed by atoms with E-state index in [-0.39, 0.29) is 0 Å². The molecule has 1 N–H and O–H groups in total. The van der Waals surface area contributed by atoms with Crippen LogP contribution in [0.15, 0.2) is 31.1 Å². The Kier molecular flexibility index (Phi) is 3.93. The standard InChI is InChI=1S/C12H19N5/c1-3-17-9-12(7-15-17)6-14-11(2)8-16-5-4-13-10-16/h4-5,7,9-11,14H,3,6,8H2,1-2H3. The summed E-state index contributed by atoms with van der Waals surface area (Å²) < 4.78 is 4.02. The van der Waals surface area contributed by atoms with Crippen LogP contribution in [0.2, 0.25) is 0 Å². The second-order valence-electron chi connectivity index (χ2n) is 4.25. The summed E-state index contributed by atoms with van der Waals surface area (Å²) in [5.74, 6) is 0. The summed E-state index contributed by atoms with van der Waals surface area (Å²) >= 11 is 0. The fourth-order valence-corrected chi connectivity index (χ4v) is 1.74. The van der Waals surface area contributed by atoms with Crippen LogP contribution < -0.4 is 5.32 Å². The SMILES string of the molecule is CCn1cc(CNC(C)Cn2ccnc2)cn1. The maximum Gasteiger partial charge on any atom is 0.0946 e. The predicted octanol–water partition coefficient (Wildman–Crippen LogP) is 1.28. The Morgan fingerprint density at radius 3 is 3.00 bits per heavy atom. The third-order valence-corrected chi connectivity index (χ3v) is 2.71. The lowest BCUT2D eigenvalue weighted by molar-refractivity contribution is 0.476. The number of nitrogens with zero attached hydrogens (tertiary/aromatic N) is 4. The molecule has 1 atom stereocenters. The molecule has 0 radical (unpaired) electrons. The first-order valence-electron chi connectivity index (χ1n) is 5.98. The van der Waals surface area contributed by atoms with E-state index in [1.165, 1.54) is 5.56 Å². The highest BCUT2D eigenvalue weighted by molar-refractivity contribution is 5.03. The van der Waals surface area contributed by atoms with Crippen LogP contribution in [-0.2, 0) is 19.6 Å². The van der Waals surface area contributed by atoms with E-state index in [1.54, 1.807) is 6.20 Å². The largest absolute Gasteiger partial charge is 0.336 e. The van der Waals surface area contributed by atoms with Crippen molar-refractivity contribution < 1.29 is 0 Å². The molecule has 0 aliphatic heterocycles. The Hall–Kier alpha value is -1.62. The second-order valence-corrected chi connectivity index (χ2v) is 4.25. The van der Waals surface area contributed by atoms with E-state index in [4.69, 9.17) is 0 Å². The van der Waals surface area contributed by atoms with Crippen molar-refractivity contribution in [1.29, 1.82) is 0 Å². The highest BCUT2D eigenvalue weighted by atomic mass is 15.3. The van der Waals surface area contributed by atoms with Crippen LogP contribution in [0, 0.1) is 0 Å². The molecule has 0 amide bonds. The van der Waals surface area contributed by atoms with Crippen molar-refractivity contribution in [2.75, 3.05) is 0 Å². The Labute approximate surface area is 101 Å². The van der Waals surface area contributed by atoms with Crippen molar-refractivity contribution in [2.45, 2.75) is 39.5 Å². The van der Waals surface area contributed by atoms with Crippen LogP contribution in [-0.4, -0.2) is 25.4 Å². The van der Waals surface area contributed by atoms with Crippen LogP contribution >= 0.6 is 0 Å². The Morgan fingerprint density at radius 1 is 1.47 bits per heavy atom. The summed E-state index contributed by atoms with van der Waals surface area (Å²) in [4.78, 5) is 4.03. The monoisotopic (exact) mass is 233 g/mol. The average Bonchev–Trinajstić information content (AvgIpc) is 2.96. The van der Waals surface area contributed by atoms with Gasteiger partial charge in [0.2, 0.25) is 0 Å². The summed E-state index contributed by atoms with van der Waals surface area (Å²) in [5, 5.41) is 7.72. The lowest BCUT2D eigenvalue weighted by atomic mass is 10.3. The predicted molar refractivity (Wildman–Crippen MR) is 66.4 cm³/mol. The minimum Gasteiger partial charge on any atom is -0.336 e. The lowest BCUT2D eigenvalue weighted by Gasteiger charge is -2.13. The Morgan fingerprint density at radius 2 is 2.35 bits per heavy atom. The van der Waals surface area contributed by atoms with Gasteiger partial charge in [0.05, 0.1) is 12.5 Å². The maximum atomic E-state index is 4.25. The molecule has 0 aliphatic rings. The van der Waals surface area contributed by atoms with Gasteiger partial charge in [0, 0.05) is 49.8 Å². The van der Waals surface area contributed by atoms with Gasteiger partial charge in [-0.05, 0) is 13.8 Å². The first-order valence-corrected chi connectivity index (χ1v) is 5.98. The molecule has 0 aromatic carbocycles. The van der Waals surface area contributed by atoms with E-state index < -0.39 is 0 Å². The number of imidazole rings is 1. The zero-order chi connectivity index (χ0) is 12.1. The molecular formula is C12H19N5. The average molecular weight is 233 g/mol. The second kappa shape index (κ2) is 5.63. The van der Waals surface area contributed by atoms with Crippen LogP contribution in [0.3, 0.4) is 0 Å². The van der Waals surface area contributed by atoms with Crippen molar-refractivity contribution in [3.05, 3.63) is 36.7 Å². The molecular weight excluding hydrogens is 214 g/mol. The number of aryl methyl sites for hydroxylation is 1. The summed E-state index contributed by atoms with van der Waals surface area (Å²) in [7, 11) is 0. The van der Waals surface area contributed by atoms with Gasteiger partial charge in [0.25, 0.3) is 0 Å². The van der Waals surface area contributed by atoms with Crippen LogP contribution in [0.5, 0.6) is 0 Å². The van der Waals surface area contributed by atoms with Gasteiger partial charge in [-0.2, -0.15) is 5.10 Å². The summed E-state index contributed by atoms with van der Waals surface area (Å²) in [6, 6.07) is 0.411. The van der Waals surface area contributed by atoms with E-state index in [0.29, 0.717) is 6.04 Å². The third-order valence-electron chi connectivity index (χ3n) is 2.71. The van der Waals surface area contributed by atoms with Crippen LogP contribution in [0.1, 0.15) is 19.4 Å². The van der Waals surface area contributed by atoms with E-state index in [1.807, 2.05) is 23.4 Å². The highest BCUT2D eigenvalue weighted by Crippen LogP contribution is 1.99. The molecule has 0 fully saturated rings. The molecule has 2 aromatic rings. The van der Waals surface area contributed by atoms with E-state index >= 15 is 0 Å². The molecule has 0 saturated carbocycles. The Balaban J connectivity index is 1.77. The zero-order valence-electron chi connectivity index (χ0n) is 10.4. The van der Waals surface area contributed by atoms with E-state index in [2.05, 4.69) is 40.0 Å². The quantitative estimate of drug-likeness (QED) is 0.817. The van der Waals surface area contributed by atoms with Gasteiger partial charge in [-0.25, -0.2) is 4.98 Å². The van der Waals surface area contributed by atoms with Gasteiger partial charge < -0.3 is 9.88 Å². The molecule has 0 aliphatic carbocycles. The molecule has 2 aromatic heterocycles. The first-order chi connectivity index (χ1) is 8.28. The fraction of sp³-hybridized carbons (Fsp3) is 0.500. The first kappa shape index (κ1) is 11.9. The minimum atomic E-state index is 0.411. The van der Waals surface area contributed by atoms with Gasteiger partial charge in [-0.3, -0.25) is 4.68 Å². The molecule has 5 heteroatoms. The molecule has 0 spiro atoms. The minimum absolute atomic E-state index is 0.411. The number of hydrogen-bond donors (Lipinski definition) is 1. The fourth-order valence-electron chi connectivity index (χ4n) is 1.74. The lowest BCUT2D eigenvalue weighted by Crippen LogP contribution is -2.29. The van der Waals surface area contributed by atoms with Crippen LogP contribution in [0.4, 0.5) is 0 Å². The molecule has 2 rings (SSSR count). The molecule has 0 saturated heterocycles. The molecule has 0 bridgehead atoms. The number of aromatic nitrogens is 4. The van der Waals surface area contributed by atoms with Crippen molar-refractivity contribution in [3.8, 4) is 0 Å². The number of nitrogens with one attached hydrogen (secondary N) is 1. The summed E-state index contributed by atoms with van der Waals surface area (Å²) in [5.41, 5.74) is 1.23. The number of rotatable bonds is 6. The summed E-state index contributed by atoms with van der Waals surface area (Å²) in [6.07, 6.45) is 9.62. The van der Waals surface area contributed by atoms with E-state index in [9.17, 15) is 0 Å². The number of hydrogen-bond acceptors (Lipinski definition) is 3. The summed E-state index contributed by atoms with van der Waals surface area (Å²) in [6.45, 7) is 6.97. The van der Waals surface area contributed by atoms with Crippen molar-refractivity contribution >= 4 is 0 Å². The normalized spacial score (nSPS) is 12.8. The van der Waals surface area contributed by atoms with Gasteiger partial charge >= 0.3 is 0 Å². The van der Waals surface area contributed by atoms with Gasteiger partial charge in [0.1, 0.15) is 0 Å². The maximum absolute atomic E-state index is 4.25. The smallest absolute Gasteiger partial charge is 0.0946 e. The van der Waals surface area contributed by atoms with Crippen molar-refractivity contribution in [2.24, 2.45) is 0 Å². The van der Waals surface area contributed by atoms with Gasteiger partial charge in [-0.1, -0.05) is 0 Å². The van der Waals surface area contributed by atoms with Crippen LogP contribution in [0.25, 0.3) is 0 Å². The third kappa shape index (κ3) is 3.42. The zero-order valence-corrected chi connectivity index (χ0v) is 10.4. The molecule has 1 unspecified atom stereocenters. The van der Waals surface area contributed by atoms with E-state index in [0.717, 1.165) is 19.6 Å². The molecule has 5 nitrogen and oxygen atoms in total. The van der Waals surface area contributed by atoms with Gasteiger partial charge in [-0.15, -0.1) is 0 Å². The van der Waals surface area contributed by atoms with Gasteiger partial charge in [0.15, 0.2) is 0 Å². The van der Waals surface area contributed by atoms with Crippen molar-refractivity contribution in [1.82, 2.24) is 24.6 Å². The van der Waals surface area contributed by atoms with Crippen molar-refractivity contribution in [3.63, 3.8) is 0 Å². The highest BCUT2D eigenvalue weighted by Gasteiger charge is 2.03. The molecule has 2 heterocycles. The molecule has 17 heavy (non-hydrogen) atoms. The topological polar surface area (TPSA) is 47.7 Å².